The van der Waals surface area contributed by atoms with Crippen LogP contribution in [0.2, 0.25) is 0 Å². The van der Waals surface area contributed by atoms with E-state index in [1.165, 1.54) is 5.32 Å². The van der Waals surface area contributed by atoms with E-state index in [0.717, 1.165) is 0 Å². The molecule has 0 aromatic heterocycles. The maximum Gasteiger partial charge on any atom is 0.428 e. The van der Waals surface area contributed by atoms with Crippen LogP contribution in [0.25, 0.3) is 0 Å². The van der Waals surface area contributed by atoms with Crippen molar-refractivity contribution in [2.24, 2.45) is 0 Å². The maximum atomic E-state index is 13.0. The smallest absolute Gasteiger partial charge is 0.350 e. The third-order valence-corrected chi connectivity index (χ3v) is 4.07. The molecule has 150 valence electrons. The molecule has 0 spiro atoms. The van der Waals surface area contributed by atoms with Crippen LogP contribution in [0.4, 0.5) is 26.5 Å². The number of alkyl halides is 4. The van der Waals surface area contributed by atoms with Crippen molar-refractivity contribution >= 4 is 16.0 Å². The Bertz CT molecular complexity index is 556. The second-order valence-corrected chi connectivity index (χ2v) is 7.55. The molecule has 7 nitrogen and oxygen atoms in total. The van der Waals surface area contributed by atoms with Gasteiger partial charge in [-0.05, 0) is 0 Å². The molecule has 0 fully saturated rings. The molecule has 14 heteroatoms. The summed E-state index contributed by atoms with van der Waals surface area (Å²) in [5.41, 5.74) is 0. The van der Waals surface area contributed by atoms with Crippen molar-refractivity contribution in [3.8, 4) is 0 Å². The summed E-state index contributed by atoms with van der Waals surface area (Å²) >= 11 is 0. The first-order valence-electron chi connectivity index (χ1n) is 6.96. The highest BCUT2D eigenvalue weighted by Crippen LogP contribution is 2.37. The normalized spacial score (nSPS) is 14.0. The maximum absolute atomic E-state index is 13.0. The molecule has 0 saturated carbocycles. The molecule has 0 bridgehead atoms. The molecule has 0 saturated heterocycles. The van der Waals surface area contributed by atoms with Crippen molar-refractivity contribution in [1.29, 1.82) is 0 Å². The summed E-state index contributed by atoms with van der Waals surface area (Å²) in [5.74, 6) is -8.61. The molecule has 0 aliphatic heterocycles. The Balaban J connectivity index is 4.37. The van der Waals surface area contributed by atoms with Gasteiger partial charge in [0.1, 0.15) is 0 Å². The Labute approximate surface area is 140 Å². The van der Waals surface area contributed by atoms with Gasteiger partial charge in [0.2, 0.25) is 0 Å². The monoisotopic (exact) mass is 404 g/mol. The summed E-state index contributed by atoms with van der Waals surface area (Å²) in [5, 5.41) is -1.56. The van der Waals surface area contributed by atoms with Gasteiger partial charge in [-0.15, -0.1) is 0 Å². The van der Waals surface area contributed by atoms with E-state index in [-0.39, 0.29) is 23.9 Å². The fourth-order valence-corrected chi connectivity index (χ4v) is 2.34. The molecule has 1 amide bonds. The van der Waals surface area contributed by atoms with Crippen LogP contribution in [0.1, 0.15) is 12.8 Å². The summed E-state index contributed by atoms with van der Waals surface area (Å²) in [7, 11) is -0.804. The molecule has 0 unspecified atom stereocenters. The molecule has 0 aromatic rings. The van der Waals surface area contributed by atoms with E-state index < -0.39 is 45.6 Å². The van der Waals surface area contributed by atoms with Crippen LogP contribution in [0.3, 0.4) is 0 Å². The summed E-state index contributed by atoms with van der Waals surface area (Å²) < 4.78 is 105. The van der Waals surface area contributed by atoms with Crippen molar-refractivity contribution in [3.05, 3.63) is 0 Å². The van der Waals surface area contributed by atoms with E-state index in [0.29, 0.717) is 6.54 Å². The average molecular weight is 404 g/mol. The number of amides is 1. The number of hydrogen-bond donors (Lipinski definition) is 2. The largest absolute Gasteiger partial charge is 0.428 e. The lowest BCUT2D eigenvalue weighted by atomic mass is 10.2. The average Bonchev–Trinajstić information content (AvgIpc) is 2.41. The summed E-state index contributed by atoms with van der Waals surface area (Å²) in [6, 6.07) is -5.94. The molecule has 2 N–H and O–H groups in total. The quantitative estimate of drug-likeness (QED) is 0.135. The van der Waals surface area contributed by atoms with Gasteiger partial charge >= 0.3 is 12.0 Å². The number of hydrogen-bond acceptors (Lipinski definition) is 4. The topological polar surface area (TPSA) is 86.7 Å². The van der Waals surface area contributed by atoms with Gasteiger partial charge in [0.15, 0.2) is 0 Å². The summed E-state index contributed by atoms with van der Waals surface area (Å²) in [6.45, 7) is 0.0652. The SMILES string of the molecule is C[N+](C)(CCCNC(=O)C(F)(F)C(F)(F)N(F)F)CCCS(=O)(=O)O. The minimum atomic E-state index is -5.94. The van der Waals surface area contributed by atoms with Gasteiger partial charge in [0, 0.05) is 19.4 Å². The number of rotatable bonds is 11. The Hall–Kier alpha value is -1.12. The molecule has 0 aromatic carbocycles. The van der Waals surface area contributed by atoms with Crippen molar-refractivity contribution in [1.82, 2.24) is 10.7 Å². The van der Waals surface area contributed by atoms with Gasteiger partial charge < -0.3 is 9.80 Å². The lowest BCUT2D eigenvalue weighted by Gasteiger charge is -2.30. The first kappa shape index (κ1) is 23.9. The van der Waals surface area contributed by atoms with Crippen LogP contribution in [-0.2, 0) is 14.9 Å². The van der Waals surface area contributed by atoms with Gasteiger partial charge in [-0.3, -0.25) is 9.35 Å². The number of nitrogens with one attached hydrogen (secondary N) is 1. The Kier molecular flexibility index (Phi) is 8.13. The second kappa shape index (κ2) is 8.51. The van der Waals surface area contributed by atoms with Gasteiger partial charge in [0.05, 0.1) is 38.3 Å². The molecular formula is C11H20F6N3O4S+. The van der Waals surface area contributed by atoms with Crippen LogP contribution >= 0.6 is 0 Å². The van der Waals surface area contributed by atoms with Crippen molar-refractivity contribution < 1.29 is 48.8 Å². The number of carbonyl (C=O) groups excluding carboxylic acids is 1. The standard InChI is InChI=1S/C11H19F6N3O4S/c1-20(2,7-4-8-25(22,23)24)6-3-5-18-9(21)10(12,13)11(14,15)19(16)17/h3-8H2,1-2H3,(H-,18,21,22,23,24)/p+1. The highest BCUT2D eigenvalue weighted by Gasteiger charge is 2.67. The number of carbonyl (C=O) groups is 1. The second-order valence-electron chi connectivity index (χ2n) is 5.98. The number of nitrogens with zero attached hydrogens (tertiary/aromatic N) is 2. The van der Waals surface area contributed by atoms with Crippen molar-refractivity contribution in [2.75, 3.05) is 39.5 Å². The Morgan fingerprint density at radius 3 is 2.04 bits per heavy atom. The lowest BCUT2D eigenvalue weighted by molar-refractivity contribution is -0.890. The molecule has 0 rings (SSSR count). The predicted molar refractivity (Wildman–Crippen MR) is 74.5 cm³/mol. The van der Waals surface area contributed by atoms with Gasteiger partial charge in [-0.2, -0.15) is 26.0 Å². The zero-order valence-electron chi connectivity index (χ0n) is 13.5. The van der Waals surface area contributed by atoms with Crippen LogP contribution in [0, 0.1) is 0 Å². The minimum Gasteiger partial charge on any atom is -0.350 e. The lowest BCUT2D eigenvalue weighted by Crippen LogP contribution is -2.57. The highest BCUT2D eigenvalue weighted by molar-refractivity contribution is 7.85. The molecular weight excluding hydrogens is 384 g/mol. The van der Waals surface area contributed by atoms with E-state index in [1.54, 1.807) is 14.1 Å². The Morgan fingerprint density at radius 1 is 1.12 bits per heavy atom. The Morgan fingerprint density at radius 2 is 1.60 bits per heavy atom. The first-order valence-corrected chi connectivity index (χ1v) is 8.57. The van der Waals surface area contributed by atoms with Crippen LogP contribution in [0.15, 0.2) is 0 Å². The van der Waals surface area contributed by atoms with Gasteiger partial charge in [0.25, 0.3) is 16.0 Å². The van der Waals surface area contributed by atoms with E-state index in [2.05, 4.69) is 0 Å². The van der Waals surface area contributed by atoms with Crippen molar-refractivity contribution in [2.45, 2.75) is 24.8 Å². The van der Waals surface area contributed by atoms with Crippen molar-refractivity contribution in [3.63, 3.8) is 0 Å². The van der Waals surface area contributed by atoms with Crippen LogP contribution < -0.4 is 5.32 Å². The fourth-order valence-electron chi connectivity index (χ4n) is 1.85. The van der Waals surface area contributed by atoms with E-state index in [1.807, 2.05) is 0 Å². The molecule has 0 atom stereocenters. The molecule has 0 radical (unpaired) electrons. The number of halogens is 6. The molecule has 0 aliphatic rings. The zero-order chi connectivity index (χ0) is 20.1. The van der Waals surface area contributed by atoms with Crippen LogP contribution in [0.5, 0.6) is 0 Å². The van der Waals surface area contributed by atoms with E-state index in [4.69, 9.17) is 4.55 Å². The molecule has 25 heavy (non-hydrogen) atoms. The van der Waals surface area contributed by atoms with Gasteiger partial charge in [-0.1, -0.05) is 8.96 Å². The molecule has 0 heterocycles. The third-order valence-electron chi connectivity index (χ3n) is 3.27. The summed E-state index contributed by atoms with van der Waals surface area (Å²) in [4.78, 5) is 11.0. The van der Waals surface area contributed by atoms with E-state index in [9.17, 15) is 39.7 Å². The van der Waals surface area contributed by atoms with Gasteiger partial charge in [-0.25, -0.2) is 0 Å². The molecule has 0 aliphatic carbocycles. The first-order chi connectivity index (χ1) is 11.0. The predicted octanol–water partition coefficient (Wildman–Crippen LogP) is 1.15. The third kappa shape index (κ3) is 7.75. The zero-order valence-corrected chi connectivity index (χ0v) is 14.3. The minimum absolute atomic E-state index is 0.0429. The fraction of sp³-hybridized carbons (Fsp3) is 0.909. The summed E-state index contributed by atoms with van der Waals surface area (Å²) in [6.07, 6.45) is 0.159. The van der Waals surface area contributed by atoms with E-state index >= 15 is 0 Å². The van der Waals surface area contributed by atoms with Crippen LogP contribution in [-0.4, -0.2) is 80.2 Å². The number of quaternary nitrogens is 1. The highest BCUT2D eigenvalue weighted by atomic mass is 32.2.